The Labute approximate surface area is 165 Å². The number of sulfone groups is 1. The highest BCUT2D eigenvalue weighted by molar-refractivity contribution is 7.93. The molecule has 28 heavy (non-hydrogen) atoms. The molecule has 1 saturated carbocycles. The maximum absolute atomic E-state index is 13.4. The Balaban J connectivity index is 1.85. The number of hydrogen-bond donors (Lipinski definition) is 0. The Bertz CT molecular complexity index is 987. The van der Waals surface area contributed by atoms with E-state index >= 15 is 0 Å². The number of Topliss-reactive ketones (excluding diaryl/α,β-unsaturated/α-hetero) is 1. The minimum atomic E-state index is -3.94. The Hall–Kier alpha value is -2.47. The van der Waals surface area contributed by atoms with Gasteiger partial charge in [-0.3, -0.25) is 9.59 Å². The maximum atomic E-state index is 13.4. The summed E-state index contributed by atoms with van der Waals surface area (Å²) >= 11 is 0. The summed E-state index contributed by atoms with van der Waals surface area (Å²) in [6.45, 7) is 3.28. The van der Waals surface area contributed by atoms with Crippen molar-refractivity contribution in [3.8, 4) is 0 Å². The van der Waals surface area contributed by atoms with Gasteiger partial charge in [-0.25, -0.2) is 8.42 Å². The third-order valence-electron chi connectivity index (χ3n) is 5.52. The van der Waals surface area contributed by atoms with Crippen LogP contribution in [0.3, 0.4) is 0 Å². The fourth-order valence-electron chi connectivity index (χ4n) is 3.61. The van der Waals surface area contributed by atoms with Crippen molar-refractivity contribution < 1.29 is 22.7 Å². The highest BCUT2D eigenvalue weighted by Crippen LogP contribution is 2.41. The van der Waals surface area contributed by atoms with Crippen LogP contribution >= 0.6 is 0 Å². The molecule has 0 heterocycles. The van der Waals surface area contributed by atoms with Crippen LogP contribution in [0.4, 0.5) is 0 Å². The molecule has 2 aromatic rings. The van der Waals surface area contributed by atoms with Gasteiger partial charge in [-0.1, -0.05) is 49.2 Å². The second kappa shape index (κ2) is 7.87. The molecular formula is C22H24O5S. The zero-order valence-electron chi connectivity index (χ0n) is 16.1. The molecule has 0 unspecified atom stereocenters. The van der Waals surface area contributed by atoms with Gasteiger partial charge in [-0.15, -0.1) is 0 Å². The molecule has 0 spiro atoms. The van der Waals surface area contributed by atoms with Gasteiger partial charge in [0.2, 0.25) is 0 Å². The highest BCUT2D eigenvalue weighted by Gasteiger charge is 2.54. The quantitative estimate of drug-likeness (QED) is 0.544. The lowest BCUT2D eigenvalue weighted by molar-refractivity contribution is -0.145. The predicted octanol–water partition coefficient (Wildman–Crippen LogP) is 3.82. The molecule has 1 aliphatic rings. The molecule has 2 aromatic carbocycles. The normalized spacial score (nSPS) is 15.9. The van der Waals surface area contributed by atoms with Gasteiger partial charge in [0, 0.05) is 5.56 Å². The lowest BCUT2D eigenvalue weighted by Crippen LogP contribution is -2.45. The van der Waals surface area contributed by atoms with Crippen LogP contribution in [-0.2, 0) is 19.4 Å². The van der Waals surface area contributed by atoms with Gasteiger partial charge in [0.25, 0.3) is 0 Å². The summed E-state index contributed by atoms with van der Waals surface area (Å²) in [5.41, 5.74) is 2.25. The van der Waals surface area contributed by atoms with E-state index in [4.69, 9.17) is 4.74 Å². The van der Waals surface area contributed by atoms with Crippen molar-refractivity contribution in [3.05, 3.63) is 65.2 Å². The Morgan fingerprint density at radius 2 is 1.61 bits per heavy atom. The first-order valence-electron chi connectivity index (χ1n) is 9.35. The summed E-state index contributed by atoms with van der Waals surface area (Å²) < 4.78 is 30.4. The summed E-state index contributed by atoms with van der Waals surface area (Å²) in [4.78, 5) is 25.3. The fourth-order valence-corrected chi connectivity index (χ4v) is 5.74. The third kappa shape index (κ3) is 3.61. The molecule has 0 amide bonds. The lowest BCUT2D eigenvalue weighted by Gasteiger charge is -2.26. The molecule has 5 nitrogen and oxygen atoms in total. The molecule has 0 atom stereocenters. The zero-order chi connectivity index (χ0) is 20.4. The summed E-state index contributed by atoms with van der Waals surface area (Å²) in [7, 11) is -3.94. The van der Waals surface area contributed by atoms with Crippen LogP contribution in [0, 0.1) is 13.8 Å². The van der Waals surface area contributed by atoms with Crippen LogP contribution in [0.5, 0.6) is 0 Å². The molecule has 0 bridgehead atoms. The van der Waals surface area contributed by atoms with Crippen molar-refractivity contribution in [3.63, 3.8) is 0 Å². The van der Waals surface area contributed by atoms with E-state index in [0.717, 1.165) is 11.1 Å². The monoisotopic (exact) mass is 400 g/mol. The number of ether oxygens (including phenoxy) is 1. The van der Waals surface area contributed by atoms with Crippen molar-refractivity contribution in [1.82, 2.24) is 0 Å². The number of esters is 1. The van der Waals surface area contributed by atoms with Gasteiger partial charge in [0.1, 0.15) is 0 Å². The van der Waals surface area contributed by atoms with E-state index in [2.05, 4.69) is 0 Å². The number of rotatable bonds is 6. The molecule has 1 fully saturated rings. The van der Waals surface area contributed by atoms with Crippen LogP contribution in [0.15, 0.2) is 53.4 Å². The van der Waals surface area contributed by atoms with E-state index < -0.39 is 27.2 Å². The minimum absolute atomic E-state index is 0.129. The number of aryl methyl sites for hydroxylation is 2. The molecule has 0 saturated heterocycles. The van der Waals surface area contributed by atoms with Crippen LogP contribution in [0.1, 0.15) is 47.2 Å². The van der Waals surface area contributed by atoms with Gasteiger partial charge in [-0.05, 0) is 49.9 Å². The van der Waals surface area contributed by atoms with Gasteiger partial charge in [0.15, 0.2) is 27.0 Å². The average Bonchev–Trinajstić information content (AvgIpc) is 3.20. The standard InChI is InChI=1S/C22H24O5S/c1-16-10-11-19(14-17(16)2)28(25,26)22(12-6-7-13-22)21(24)27-15-20(23)18-8-4-3-5-9-18/h3-5,8-11,14H,6-7,12-13,15H2,1-2H3. The number of carbonyl (C=O) groups excluding carboxylic acids is 2. The predicted molar refractivity (Wildman–Crippen MR) is 106 cm³/mol. The fraction of sp³-hybridized carbons (Fsp3) is 0.364. The first-order chi connectivity index (χ1) is 13.3. The van der Waals surface area contributed by atoms with E-state index in [0.29, 0.717) is 18.4 Å². The van der Waals surface area contributed by atoms with Crippen molar-refractivity contribution in [2.75, 3.05) is 6.61 Å². The van der Waals surface area contributed by atoms with Gasteiger partial charge in [0.05, 0.1) is 4.90 Å². The van der Waals surface area contributed by atoms with E-state index in [1.165, 1.54) is 0 Å². The Kier molecular flexibility index (Phi) is 5.70. The molecule has 0 N–H and O–H groups in total. The van der Waals surface area contributed by atoms with Gasteiger partial charge >= 0.3 is 5.97 Å². The van der Waals surface area contributed by atoms with E-state index in [-0.39, 0.29) is 23.5 Å². The van der Waals surface area contributed by atoms with Gasteiger partial charge < -0.3 is 4.74 Å². The Morgan fingerprint density at radius 3 is 2.21 bits per heavy atom. The number of carbonyl (C=O) groups is 2. The summed E-state index contributed by atoms with van der Waals surface area (Å²) in [5.74, 6) is -1.18. The second-order valence-corrected chi connectivity index (χ2v) is 9.58. The molecule has 3 rings (SSSR count). The molecule has 6 heteroatoms. The van der Waals surface area contributed by atoms with E-state index in [9.17, 15) is 18.0 Å². The van der Waals surface area contributed by atoms with Gasteiger partial charge in [-0.2, -0.15) is 0 Å². The molecule has 0 aliphatic heterocycles. The van der Waals surface area contributed by atoms with Crippen LogP contribution in [-0.4, -0.2) is 31.5 Å². The topological polar surface area (TPSA) is 77.5 Å². The van der Waals surface area contributed by atoms with E-state index in [1.54, 1.807) is 48.5 Å². The molecule has 148 valence electrons. The zero-order valence-corrected chi connectivity index (χ0v) is 16.9. The van der Waals surface area contributed by atoms with Crippen LogP contribution in [0.2, 0.25) is 0 Å². The largest absolute Gasteiger partial charge is 0.456 e. The smallest absolute Gasteiger partial charge is 0.328 e. The second-order valence-electron chi connectivity index (χ2n) is 7.32. The molecule has 0 aromatic heterocycles. The maximum Gasteiger partial charge on any atom is 0.328 e. The first kappa shape index (κ1) is 20.3. The summed E-state index contributed by atoms with van der Waals surface area (Å²) in [5, 5.41) is 0. The van der Waals surface area contributed by atoms with Crippen molar-refractivity contribution in [1.29, 1.82) is 0 Å². The van der Waals surface area contributed by atoms with E-state index in [1.807, 2.05) is 13.8 Å². The molecule has 0 radical (unpaired) electrons. The summed E-state index contributed by atoms with van der Waals surface area (Å²) in [6.07, 6.45) is 1.68. The van der Waals surface area contributed by atoms with Crippen LogP contribution in [0.25, 0.3) is 0 Å². The molecule has 1 aliphatic carbocycles. The van der Waals surface area contributed by atoms with Crippen molar-refractivity contribution >= 4 is 21.6 Å². The Morgan fingerprint density at radius 1 is 0.964 bits per heavy atom. The number of benzene rings is 2. The number of ketones is 1. The lowest BCUT2D eigenvalue weighted by atomic mass is 10.1. The van der Waals surface area contributed by atoms with Crippen molar-refractivity contribution in [2.24, 2.45) is 0 Å². The minimum Gasteiger partial charge on any atom is -0.456 e. The third-order valence-corrected chi connectivity index (χ3v) is 7.99. The highest BCUT2D eigenvalue weighted by atomic mass is 32.2. The summed E-state index contributed by atoms with van der Waals surface area (Å²) in [6, 6.07) is 13.4. The molecular weight excluding hydrogens is 376 g/mol. The average molecular weight is 400 g/mol. The number of hydrogen-bond acceptors (Lipinski definition) is 5. The van der Waals surface area contributed by atoms with Crippen molar-refractivity contribution in [2.45, 2.75) is 49.2 Å². The van der Waals surface area contributed by atoms with Crippen LogP contribution < -0.4 is 0 Å². The first-order valence-corrected chi connectivity index (χ1v) is 10.8. The SMILES string of the molecule is Cc1ccc(S(=O)(=O)C2(C(=O)OCC(=O)c3ccccc3)CCCC2)cc1C.